The Balaban J connectivity index is 1.34. The Morgan fingerprint density at radius 2 is 1.84 bits per heavy atom. The van der Waals surface area contributed by atoms with Crippen LogP contribution in [0.15, 0.2) is 75.0 Å². The van der Waals surface area contributed by atoms with Crippen LogP contribution in [0.25, 0.3) is 6.08 Å². The maximum absolute atomic E-state index is 13.1. The lowest BCUT2D eigenvalue weighted by Gasteiger charge is -2.28. The van der Waals surface area contributed by atoms with Crippen molar-refractivity contribution in [1.29, 1.82) is 0 Å². The number of carbonyl (C=O) groups is 1. The predicted octanol–water partition coefficient (Wildman–Crippen LogP) is 7.41. The molecule has 0 unspecified atom stereocenters. The molecule has 0 bridgehead atoms. The zero-order valence-electron chi connectivity index (χ0n) is 20.5. The molecule has 0 saturated carbocycles. The van der Waals surface area contributed by atoms with Gasteiger partial charge in [0.25, 0.3) is 5.91 Å². The molecule has 0 radical (unpaired) electrons. The number of hydrogen-bond donors (Lipinski definition) is 0. The van der Waals surface area contributed by atoms with E-state index in [0.717, 1.165) is 53.3 Å². The third kappa shape index (κ3) is 6.38. The van der Waals surface area contributed by atoms with Crippen LogP contribution in [-0.2, 0) is 16.1 Å². The maximum Gasteiger partial charge on any atom is 0.266 e. The van der Waals surface area contributed by atoms with Crippen molar-refractivity contribution >= 4 is 79.4 Å². The molecular formula is C28H24BrCl2N3O3S. The van der Waals surface area contributed by atoms with Gasteiger partial charge in [0.2, 0.25) is 0 Å². The van der Waals surface area contributed by atoms with Gasteiger partial charge in [-0.2, -0.15) is 0 Å². The number of thioether (sulfide) groups is 1. The molecule has 0 aliphatic carbocycles. The number of likely N-dealkylation sites (N-methyl/N-ethyl adjacent to an activating group) is 1. The van der Waals surface area contributed by atoms with E-state index in [-0.39, 0.29) is 12.5 Å². The van der Waals surface area contributed by atoms with Gasteiger partial charge in [-0.05, 0) is 72.4 Å². The lowest BCUT2D eigenvalue weighted by atomic mass is 10.1. The number of halogens is 3. The fourth-order valence-electron chi connectivity index (χ4n) is 4.02. The van der Waals surface area contributed by atoms with Gasteiger partial charge < -0.3 is 14.4 Å². The quantitative estimate of drug-likeness (QED) is 0.265. The first-order valence-corrected chi connectivity index (χ1v) is 14.3. The van der Waals surface area contributed by atoms with E-state index < -0.39 is 0 Å². The zero-order valence-corrected chi connectivity index (χ0v) is 24.4. The summed E-state index contributed by atoms with van der Waals surface area (Å²) >= 11 is 17.2. The van der Waals surface area contributed by atoms with E-state index in [2.05, 4.69) is 33.0 Å². The summed E-state index contributed by atoms with van der Waals surface area (Å²) in [5, 5.41) is 1.72. The fraction of sp³-hybridized carbons (Fsp3) is 0.214. The topological polar surface area (TPSA) is 54.4 Å². The number of aliphatic imine (C=N–C) groups is 1. The van der Waals surface area contributed by atoms with Crippen molar-refractivity contribution in [3.8, 4) is 5.75 Å². The molecule has 2 heterocycles. The standard InChI is InChI=1S/C28H24BrCl2N3O3S/c1-33-27(35)26(38-28(33)32-22-5-7-23(8-6-22)34-10-12-36-13-11-34)15-19-14-20(29)3-9-25(19)37-17-18-2-4-21(30)16-24(18)31/h2-9,14-16H,10-13,17H2,1H3/b26-15-,32-28?. The Kier molecular flexibility index (Phi) is 8.65. The van der Waals surface area contributed by atoms with Crippen molar-refractivity contribution in [2.75, 3.05) is 38.3 Å². The van der Waals surface area contributed by atoms with Crippen molar-refractivity contribution in [2.45, 2.75) is 6.61 Å². The number of benzene rings is 3. The van der Waals surface area contributed by atoms with Gasteiger partial charge in [-0.15, -0.1) is 0 Å². The fourth-order valence-corrected chi connectivity index (χ4v) is 5.84. The number of amides is 1. The number of anilines is 1. The minimum Gasteiger partial charge on any atom is -0.488 e. The number of carbonyl (C=O) groups excluding carboxylic acids is 1. The first-order valence-electron chi connectivity index (χ1n) is 11.9. The Bertz CT molecular complexity index is 1410. The lowest BCUT2D eigenvalue weighted by Crippen LogP contribution is -2.36. The van der Waals surface area contributed by atoms with Crippen LogP contribution in [0, 0.1) is 0 Å². The Morgan fingerprint density at radius 1 is 1.08 bits per heavy atom. The highest BCUT2D eigenvalue weighted by Gasteiger charge is 2.30. The molecule has 2 fully saturated rings. The summed E-state index contributed by atoms with van der Waals surface area (Å²) in [7, 11) is 1.73. The van der Waals surface area contributed by atoms with Gasteiger partial charge in [0, 0.05) is 51.5 Å². The molecule has 1 amide bonds. The summed E-state index contributed by atoms with van der Waals surface area (Å²) in [5.41, 5.74) is 3.52. The van der Waals surface area contributed by atoms with Gasteiger partial charge >= 0.3 is 0 Å². The number of hydrogen-bond acceptors (Lipinski definition) is 6. The average Bonchev–Trinajstić information content (AvgIpc) is 3.17. The zero-order chi connectivity index (χ0) is 26.6. The summed E-state index contributed by atoms with van der Waals surface area (Å²) in [6.45, 7) is 3.50. The first-order chi connectivity index (χ1) is 18.4. The van der Waals surface area contributed by atoms with Crippen LogP contribution in [0.3, 0.4) is 0 Å². The molecule has 6 nitrogen and oxygen atoms in total. The molecule has 3 aromatic rings. The number of ether oxygens (including phenoxy) is 2. The molecule has 0 N–H and O–H groups in total. The largest absolute Gasteiger partial charge is 0.488 e. The lowest BCUT2D eigenvalue weighted by molar-refractivity contribution is -0.121. The molecule has 0 spiro atoms. The summed E-state index contributed by atoms with van der Waals surface area (Å²) < 4.78 is 12.4. The van der Waals surface area contributed by atoms with Crippen LogP contribution in [0.2, 0.25) is 10.0 Å². The van der Waals surface area contributed by atoms with E-state index >= 15 is 0 Å². The van der Waals surface area contributed by atoms with Crippen molar-refractivity contribution in [3.63, 3.8) is 0 Å². The molecule has 0 aromatic heterocycles. The number of nitrogens with zero attached hydrogens (tertiary/aromatic N) is 3. The number of amidine groups is 1. The van der Waals surface area contributed by atoms with Crippen LogP contribution in [0.4, 0.5) is 11.4 Å². The van der Waals surface area contributed by atoms with E-state index in [4.69, 9.17) is 37.7 Å². The molecule has 196 valence electrons. The van der Waals surface area contributed by atoms with Crippen molar-refractivity contribution in [2.24, 2.45) is 4.99 Å². The normalized spacial score (nSPS) is 18.1. The van der Waals surface area contributed by atoms with Crippen molar-refractivity contribution < 1.29 is 14.3 Å². The van der Waals surface area contributed by atoms with Crippen LogP contribution >= 0.6 is 50.9 Å². The van der Waals surface area contributed by atoms with Gasteiger partial charge in [0.05, 0.1) is 23.8 Å². The molecule has 10 heteroatoms. The van der Waals surface area contributed by atoms with Gasteiger partial charge in [-0.1, -0.05) is 45.2 Å². The minimum absolute atomic E-state index is 0.120. The van der Waals surface area contributed by atoms with Gasteiger partial charge in [0.15, 0.2) is 5.17 Å². The van der Waals surface area contributed by atoms with Crippen molar-refractivity contribution in [3.05, 3.63) is 91.2 Å². The van der Waals surface area contributed by atoms with E-state index in [1.165, 1.54) is 11.8 Å². The Labute approximate surface area is 244 Å². The maximum atomic E-state index is 13.1. The van der Waals surface area contributed by atoms with E-state index in [9.17, 15) is 4.79 Å². The molecule has 38 heavy (non-hydrogen) atoms. The van der Waals surface area contributed by atoms with Crippen LogP contribution in [0.1, 0.15) is 11.1 Å². The molecular weight excluding hydrogens is 609 g/mol. The highest BCUT2D eigenvalue weighted by atomic mass is 79.9. The second-order valence-corrected chi connectivity index (χ2v) is 11.5. The third-order valence-corrected chi connectivity index (χ3v) is 8.25. The summed E-state index contributed by atoms with van der Waals surface area (Å²) in [4.78, 5) is 22.2. The molecule has 3 aromatic carbocycles. The molecule has 5 rings (SSSR count). The average molecular weight is 633 g/mol. The van der Waals surface area contributed by atoms with Gasteiger partial charge in [-0.3, -0.25) is 9.69 Å². The SMILES string of the molecule is CN1C(=O)/C(=C/c2cc(Br)ccc2OCc2ccc(Cl)cc2Cl)SC1=Nc1ccc(N2CCOCC2)cc1. The van der Waals surface area contributed by atoms with Crippen LogP contribution in [0.5, 0.6) is 5.75 Å². The summed E-state index contributed by atoms with van der Waals surface area (Å²) in [6.07, 6.45) is 1.83. The third-order valence-electron chi connectivity index (χ3n) is 6.11. The van der Waals surface area contributed by atoms with E-state index in [0.29, 0.717) is 25.9 Å². The summed E-state index contributed by atoms with van der Waals surface area (Å²) in [6, 6.07) is 19.0. The second-order valence-electron chi connectivity index (χ2n) is 8.69. The molecule has 2 aliphatic rings. The Hall–Kier alpha value is -2.49. The molecule has 0 atom stereocenters. The van der Waals surface area contributed by atoms with Crippen LogP contribution < -0.4 is 9.64 Å². The van der Waals surface area contributed by atoms with Gasteiger partial charge in [-0.25, -0.2) is 4.99 Å². The van der Waals surface area contributed by atoms with Gasteiger partial charge in [0.1, 0.15) is 12.4 Å². The molecule has 2 aliphatic heterocycles. The minimum atomic E-state index is -0.120. The monoisotopic (exact) mass is 631 g/mol. The Morgan fingerprint density at radius 3 is 2.58 bits per heavy atom. The summed E-state index contributed by atoms with van der Waals surface area (Å²) in [5.74, 6) is 0.511. The first kappa shape index (κ1) is 27.1. The highest BCUT2D eigenvalue weighted by molar-refractivity contribution is 9.10. The smallest absolute Gasteiger partial charge is 0.266 e. The van der Waals surface area contributed by atoms with Crippen LogP contribution in [-0.4, -0.2) is 49.3 Å². The molecule has 2 saturated heterocycles. The second kappa shape index (κ2) is 12.1. The predicted molar refractivity (Wildman–Crippen MR) is 160 cm³/mol. The number of rotatable bonds is 6. The number of morpholine rings is 1. The van der Waals surface area contributed by atoms with E-state index in [1.807, 2.05) is 42.5 Å². The highest BCUT2D eigenvalue weighted by Crippen LogP contribution is 2.36. The van der Waals surface area contributed by atoms with Crippen molar-refractivity contribution in [1.82, 2.24) is 4.90 Å². The van der Waals surface area contributed by atoms with E-state index in [1.54, 1.807) is 24.1 Å².